The Hall–Kier alpha value is -1.06. The number of aryl methyl sites for hydroxylation is 1. The average Bonchev–Trinajstić information content (AvgIpc) is 2.34. The zero-order valence-corrected chi connectivity index (χ0v) is 12.7. The van der Waals surface area contributed by atoms with Gasteiger partial charge in [0.05, 0.1) is 0 Å². The first kappa shape index (κ1) is 14.4. The predicted molar refractivity (Wildman–Crippen MR) is 82.8 cm³/mol. The number of likely N-dealkylation sites (N-methyl/N-ethyl adjacent to an activating group) is 1. The second-order valence-corrected chi connectivity index (χ2v) is 5.93. The van der Waals surface area contributed by atoms with E-state index in [0.29, 0.717) is 12.1 Å². The van der Waals surface area contributed by atoms with E-state index in [4.69, 9.17) is 5.73 Å². The van der Waals surface area contributed by atoms with Gasteiger partial charge in [-0.2, -0.15) is 0 Å². The van der Waals surface area contributed by atoms with E-state index in [1.807, 2.05) is 0 Å². The lowest BCUT2D eigenvalue weighted by atomic mass is 9.99. The molecule has 1 aromatic carbocycles. The van der Waals surface area contributed by atoms with Crippen molar-refractivity contribution in [2.45, 2.75) is 39.3 Å². The van der Waals surface area contributed by atoms with Crippen LogP contribution in [0.2, 0.25) is 0 Å². The highest BCUT2D eigenvalue weighted by atomic mass is 15.3. The first-order chi connectivity index (χ1) is 9.04. The minimum atomic E-state index is 0.527. The standard InChI is InChI=1S/C16H27N3/c1-12-6-5-7-16(14(12)3)19-13(2)10-18(4)11-15(19)8-9-17/h5-7,13,15H,8-11,17H2,1-4H3. The molecule has 3 heteroatoms. The molecule has 2 unspecified atom stereocenters. The van der Waals surface area contributed by atoms with Crippen molar-refractivity contribution in [1.82, 2.24) is 4.90 Å². The van der Waals surface area contributed by atoms with Crippen molar-refractivity contribution in [2.24, 2.45) is 5.73 Å². The maximum atomic E-state index is 5.81. The highest BCUT2D eigenvalue weighted by Crippen LogP contribution is 2.30. The van der Waals surface area contributed by atoms with Crippen molar-refractivity contribution in [1.29, 1.82) is 0 Å². The van der Waals surface area contributed by atoms with E-state index in [-0.39, 0.29) is 0 Å². The first-order valence-corrected chi connectivity index (χ1v) is 7.27. The Morgan fingerprint density at radius 3 is 2.68 bits per heavy atom. The Morgan fingerprint density at radius 1 is 1.26 bits per heavy atom. The monoisotopic (exact) mass is 261 g/mol. The number of hydrogen-bond donors (Lipinski definition) is 1. The smallest absolute Gasteiger partial charge is 0.0432 e. The number of nitrogens with two attached hydrogens (primary N) is 1. The summed E-state index contributed by atoms with van der Waals surface area (Å²) in [4.78, 5) is 5.02. The van der Waals surface area contributed by atoms with Gasteiger partial charge in [0.2, 0.25) is 0 Å². The normalized spacial score (nSPS) is 24.8. The fourth-order valence-electron chi connectivity index (χ4n) is 3.29. The van der Waals surface area contributed by atoms with E-state index in [1.165, 1.54) is 16.8 Å². The van der Waals surface area contributed by atoms with Gasteiger partial charge in [-0.05, 0) is 58.0 Å². The Morgan fingerprint density at radius 2 is 2.00 bits per heavy atom. The van der Waals surface area contributed by atoms with Crippen LogP contribution in [0.3, 0.4) is 0 Å². The minimum Gasteiger partial charge on any atom is -0.363 e. The Kier molecular flexibility index (Phi) is 4.48. The quantitative estimate of drug-likeness (QED) is 0.905. The van der Waals surface area contributed by atoms with Crippen LogP contribution in [-0.4, -0.2) is 43.7 Å². The number of nitrogens with zero attached hydrogens (tertiary/aromatic N) is 2. The molecule has 0 saturated carbocycles. The molecule has 3 nitrogen and oxygen atoms in total. The molecule has 1 aromatic rings. The number of anilines is 1. The van der Waals surface area contributed by atoms with Crippen molar-refractivity contribution in [3.63, 3.8) is 0 Å². The number of hydrogen-bond acceptors (Lipinski definition) is 3. The highest BCUT2D eigenvalue weighted by molar-refractivity contribution is 5.57. The Balaban J connectivity index is 2.35. The summed E-state index contributed by atoms with van der Waals surface area (Å²) in [6.07, 6.45) is 1.06. The van der Waals surface area contributed by atoms with Crippen LogP contribution < -0.4 is 10.6 Å². The van der Waals surface area contributed by atoms with Crippen molar-refractivity contribution in [3.8, 4) is 0 Å². The molecule has 0 bridgehead atoms. The van der Waals surface area contributed by atoms with Crippen LogP contribution in [0.4, 0.5) is 5.69 Å². The molecule has 2 atom stereocenters. The van der Waals surface area contributed by atoms with E-state index >= 15 is 0 Å². The van der Waals surface area contributed by atoms with E-state index in [2.05, 4.69) is 55.8 Å². The number of rotatable bonds is 3. The third kappa shape index (κ3) is 2.93. The zero-order chi connectivity index (χ0) is 14.0. The molecule has 1 heterocycles. The van der Waals surface area contributed by atoms with Gasteiger partial charge in [-0.3, -0.25) is 0 Å². The Labute approximate surface area is 117 Å². The van der Waals surface area contributed by atoms with Crippen molar-refractivity contribution >= 4 is 5.69 Å². The third-order valence-corrected chi connectivity index (χ3v) is 4.32. The van der Waals surface area contributed by atoms with Gasteiger partial charge in [-0.15, -0.1) is 0 Å². The molecule has 1 aliphatic rings. The lowest BCUT2D eigenvalue weighted by molar-refractivity contribution is 0.227. The van der Waals surface area contributed by atoms with Crippen molar-refractivity contribution in [3.05, 3.63) is 29.3 Å². The van der Waals surface area contributed by atoms with Gasteiger partial charge in [0.25, 0.3) is 0 Å². The molecule has 1 aliphatic heterocycles. The molecule has 1 fully saturated rings. The maximum Gasteiger partial charge on any atom is 0.0432 e. The lowest BCUT2D eigenvalue weighted by Crippen LogP contribution is -2.57. The van der Waals surface area contributed by atoms with Gasteiger partial charge in [-0.1, -0.05) is 12.1 Å². The van der Waals surface area contributed by atoms with Crippen LogP contribution in [0.5, 0.6) is 0 Å². The molecule has 0 aliphatic carbocycles. The first-order valence-electron chi connectivity index (χ1n) is 7.27. The molecule has 106 valence electrons. The van der Waals surface area contributed by atoms with Gasteiger partial charge in [-0.25, -0.2) is 0 Å². The van der Waals surface area contributed by atoms with Crippen LogP contribution in [0.25, 0.3) is 0 Å². The Bertz CT molecular complexity index is 430. The second kappa shape index (κ2) is 5.93. The maximum absolute atomic E-state index is 5.81. The fourth-order valence-corrected chi connectivity index (χ4v) is 3.29. The van der Waals surface area contributed by atoms with Crippen molar-refractivity contribution in [2.75, 3.05) is 31.6 Å². The van der Waals surface area contributed by atoms with Crippen LogP contribution in [0.15, 0.2) is 18.2 Å². The SMILES string of the molecule is Cc1cccc(N2C(C)CN(C)CC2CCN)c1C. The van der Waals surface area contributed by atoms with Crippen molar-refractivity contribution < 1.29 is 0 Å². The summed E-state index contributed by atoms with van der Waals surface area (Å²) in [5.74, 6) is 0. The average molecular weight is 261 g/mol. The number of piperazine rings is 1. The third-order valence-electron chi connectivity index (χ3n) is 4.32. The largest absolute Gasteiger partial charge is 0.363 e. The minimum absolute atomic E-state index is 0.527. The van der Waals surface area contributed by atoms with E-state index in [1.54, 1.807) is 0 Å². The second-order valence-electron chi connectivity index (χ2n) is 5.93. The van der Waals surface area contributed by atoms with E-state index < -0.39 is 0 Å². The van der Waals surface area contributed by atoms with E-state index in [0.717, 1.165) is 26.1 Å². The molecular formula is C16H27N3. The topological polar surface area (TPSA) is 32.5 Å². The van der Waals surface area contributed by atoms with Gasteiger partial charge in [0.1, 0.15) is 0 Å². The number of benzene rings is 1. The highest BCUT2D eigenvalue weighted by Gasteiger charge is 2.30. The van der Waals surface area contributed by atoms with Crippen LogP contribution in [0.1, 0.15) is 24.5 Å². The summed E-state index contributed by atoms with van der Waals surface area (Å²) < 4.78 is 0. The summed E-state index contributed by atoms with van der Waals surface area (Å²) in [5.41, 5.74) is 9.98. The molecule has 0 radical (unpaired) electrons. The summed E-state index contributed by atoms with van der Waals surface area (Å²) in [6.45, 7) is 9.73. The molecule has 2 N–H and O–H groups in total. The van der Waals surface area contributed by atoms with Gasteiger partial charge < -0.3 is 15.5 Å². The van der Waals surface area contributed by atoms with E-state index in [9.17, 15) is 0 Å². The summed E-state index contributed by atoms with van der Waals surface area (Å²) in [6, 6.07) is 7.68. The van der Waals surface area contributed by atoms with Crippen LogP contribution >= 0.6 is 0 Å². The molecule has 0 amide bonds. The molecule has 0 spiro atoms. The zero-order valence-electron chi connectivity index (χ0n) is 12.7. The molecule has 1 saturated heterocycles. The van der Waals surface area contributed by atoms with Crippen LogP contribution in [0, 0.1) is 13.8 Å². The molecular weight excluding hydrogens is 234 g/mol. The van der Waals surface area contributed by atoms with Crippen LogP contribution in [-0.2, 0) is 0 Å². The molecule has 0 aromatic heterocycles. The summed E-state index contributed by atoms with van der Waals surface area (Å²) in [5, 5.41) is 0. The van der Waals surface area contributed by atoms with Gasteiger partial charge in [0.15, 0.2) is 0 Å². The lowest BCUT2D eigenvalue weighted by Gasteiger charge is -2.47. The van der Waals surface area contributed by atoms with Gasteiger partial charge in [0, 0.05) is 30.9 Å². The summed E-state index contributed by atoms with van der Waals surface area (Å²) >= 11 is 0. The fraction of sp³-hybridized carbons (Fsp3) is 0.625. The molecule has 2 rings (SSSR count). The molecule has 19 heavy (non-hydrogen) atoms. The predicted octanol–water partition coefficient (Wildman–Crippen LogP) is 2.16. The van der Waals surface area contributed by atoms with Gasteiger partial charge >= 0.3 is 0 Å². The summed E-state index contributed by atoms with van der Waals surface area (Å²) in [7, 11) is 2.21.